The molecule has 3 rings (SSSR count). The van der Waals surface area contributed by atoms with E-state index < -0.39 is 0 Å². The fourth-order valence-electron chi connectivity index (χ4n) is 2.70. The SMILES string of the molecule is CCNC(=NCCC(=O)N1CCOc2ccccc2C1)NC1CC1.I. The van der Waals surface area contributed by atoms with E-state index in [1.165, 1.54) is 12.8 Å². The Balaban J connectivity index is 0.00000225. The van der Waals surface area contributed by atoms with Crippen LogP contribution < -0.4 is 15.4 Å². The van der Waals surface area contributed by atoms with Crippen LogP contribution in [0.5, 0.6) is 5.75 Å². The van der Waals surface area contributed by atoms with E-state index in [0.29, 0.717) is 38.7 Å². The van der Waals surface area contributed by atoms with Gasteiger partial charge >= 0.3 is 0 Å². The van der Waals surface area contributed by atoms with Gasteiger partial charge in [0.25, 0.3) is 0 Å². The summed E-state index contributed by atoms with van der Waals surface area (Å²) in [5.74, 6) is 1.83. The molecule has 0 saturated heterocycles. The average molecular weight is 458 g/mol. The molecule has 1 aromatic carbocycles. The van der Waals surface area contributed by atoms with Gasteiger partial charge in [0.1, 0.15) is 12.4 Å². The number of ether oxygens (including phenoxy) is 1. The maximum absolute atomic E-state index is 12.5. The van der Waals surface area contributed by atoms with E-state index in [0.717, 1.165) is 23.8 Å². The number of benzene rings is 1. The molecule has 0 atom stereocenters. The molecule has 25 heavy (non-hydrogen) atoms. The third-order valence-corrected chi connectivity index (χ3v) is 4.16. The van der Waals surface area contributed by atoms with Crippen LogP contribution in [0.4, 0.5) is 0 Å². The smallest absolute Gasteiger partial charge is 0.224 e. The Kier molecular flexibility index (Phi) is 7.80. The van der Waals surface area contributed by atoms with Crippen LogP contribution in [0.25, 0.3) is 0 Å². The minimum Gasteiger partial charge on any atom is -0.491 e. The Bertz CT molecular complexity index is 604. The molecule has 2 aliphatic rings. The first-order chi connectivity index (χ1) is 11.8. The van der Waals surface area contributed by atoms with Crippen LogP contribution in [0.15, 0.2) is 29.3 Å². The van der Waals surface area contributed by atoms with Gasteiger partial charge in [-0.2, -0.15) is 0 Å². The first-order valence-electron chi connectivity index (χ1n) is 8.79. The maximum Gasteiger partial charge on any atom is 0.224 e. The van der Waals surface area contributed by atoms with Crippen LogP contribution in [0.3, 0.4) is 0 Å². The number of hydrogen-bond donors (Lipinski definition) is 2. The van der Waals surface area contributed by atoms with Gasteiger partial charge in [0.2, 0.25) is 5.91 Å². The van der Waals surface area contributed by atoms with E-state index in [1.807, 2.05) is 36.1 Å². The lowest BCUT2D eigenvalue weighted by Crippen LogP contribution is -2.39. The number of amides is 1. The third kappa shape index (κ3) is 6.05. The number of nitrogens with zero attached hydrogens (tertiary/aromatic N) is 2. The van der Waals surface area contributed by atoms with Crippen molar-refractivity contribution in [3.8, 4) is 5.75 Å². The Morgan fingerprint density at radius 2 is 2.16 bits per heavy atom. The second-order valence-electron chi connectivity index (χ2n) is 6.20. The van der Waals surface area contributed by atoms with Gasteiger partial charge in [0.05, 0.1) is 13.1 Å². The molecule has 1 heterocycles. The van der Waals surface area contributed by atoms with Crippen LogP contribution in [-0.2, 0) is 11.3 Å². The minimum atomic E-state index is 0. The molecule has 1 aromatic rings. The van der Waals surface area contributed by atoms with Crippen LogP contribution >= 0.6 is 24.0 Å². The van der Waals surface area contributed by atoms with Crippen molar-refractivity contribution >= 4 is 35.8 Å². The van der Waals surface area contributed by atoms with Crippen LogP contribution in [0.2, 0.25) is 0 Å². The fourth-order valence-corrected chi connectivity index (χ4v) is 2.70. The van der Waals surface area contributed by atoms with Gasteiger partial charge in [-0.25, -0.2) is 0 Å². The quantitative estimate of drug-likeness (QED) is 0.403. The minimum absolute atomic E-state index is 0. The standard InChI is InChI=1S/C18H26N4O2.HI/c1-2-19-18(21-15-7-8-15)20-10-9-17(23)22-11-12-24-16-6-4-3-5-14(16)13-22;/h3-6,15H,2,7-13H2,1H3,(H2,19,20,21);1H. The summed E-state index contributed by atoms with van der Waals surface area (Å²) in [4.78, 5) is 18.9. The van der Waals surface area contributed by atoms with E-state index in [1.54, 1.807) is 0 Å². The molecule has 6 nitrogen and oxygen atoms in total. The third-order valence-electron chi connectivity index (χ3n) is 4.16. The molecule has 1 aliphatic heterocycles. The van der Waals surface area contributed by atoms with Gasteiger partial charge < -0.3 is 20.3 Å². The number of guanidine groups is 1. The predicted molar refractivity (Wildman–Crippen MR) is 110 cm³/mol. The summed E-state index contributed by atoms with van der Waals surface area (Å²) in [6.07, 6.45) is 2.83. The average Bonchev–Trinajstić information content (AvgIpc) is 3.40. The lowest BCUT2D eigenvalue weighted by atomic mass is 10.2. The van der Waals surface area contributed by atoms with Crippen molar-refractivity contribution < 1.29 is 9.53 Å². The van der Waals surface area contributed by atoms with Crippen LogP contribution in [-0.4, -0.2) is 49.0 Å². The highest BCUT2D eigenvalue weighted by atomic mass is 127. The summed E-state index contributed by atoms with van der Waals surface area (Å²) >= 11 is 0. The van der Waals surface area contributed by atoms with E-state index in [2.05, 4.69) is 15.6 Å². The molecule has 1 fully saturated rings. The lowest BCUT2D eigenvalue weighted by Gasteiger charge is -2.19. The normalized spacial score (nSPS) is 16.8. The molecular weight excluding hydrogens is 431 g/mol. The lowest BCUT2D eigenvalue weighted by molar-refractivity contribution is -0.131. The molecule has 1 amide bonds. The van der Waals surface area contributed by atoms with Gasteiger partial charge in [-0.15, -0.1) is 24.0 Å². The Morgan fingerprint density at radius 1 is 1.36 bits per heavy atom. The van der Waals surface area contributed by atoms with Crippen molar-refractivity contribution in [2.24, 2.45) is 4.99 Å². The zero-order valence-electron chi connectivity index (χ0n) is 14.7. The summed E-state index contributed by atoms with van der Waals surface area (Å²) in [6.45, 7) is 5.14. The zero-order valence-corrected chi connectivity index (χ0v) is 17.0. The number of fused-ring (bicyclic) bond motifs is 1. The summed E-state index contributed by atoms with van der Waals surface area (Å²) in [6, 6.07) is 8.46. The Labute approximate surface area is 166 Å². The van der Waals surface area contributed by atoms with Crippen LogP contribution in [0.1, 0.15) is 31.7 Å². The van der Waals surface area contributed by atoms with Gasteiger partial charge in [0, 0.05) is 31.1 Å². The number of hydrogen-bond acceptors (Lipinski definition) is 3. The van der Waals surface area contributed by atoms with Gasteiger partial charge in [-0.1, -0.05) is 18.2 Å². The van der Waals surface area contributed by atoms with E-state index in [9.17, 15) is 4.79 Å². The van der Waals surface area contributed by atoms with Crippen LogP contribution in [0, 0.1) is 0 Å². The second-order valence-corrected chi connectivity index (χ2v) is 6.20. The maximum atomic E-state index is 12.5. The number of rotatable bonds is 5. The van der Waals surface area contributed by atoms with Crippen molar-refractivity contribution in [1.29, 1.82) is 0 Å². The molecule has 1 aliphatic carbocycles. The summed E-state index contributed by atoms with van der Waals surface area (Å²) in [5.41, 5.74) is 1.07. The monoisotopic (exact) mass is 458 g/mol. The van der Waals surface area contributed by atoms with Crippen molar-refractivity contribution in [3.05, 3.63) is 29.8 Å². The van der Waals surface area contributed by atoms with Crippen molar-refractivity contribution in [3.63, 3.8) is 0 Å². The van der Waals surface area contributed by atoms with E-state index >= 15 is 0 Å². The number of halogens is 1. The highest BCUT2D eigenvalue weighted by Gasteiger charge is 2.22. The summed E-state index contributed by atoms with van der Waals surface area (Å²) < 4.78 is 5.71. The molecule has 2 N–H and O–H groups in total. The van der Waals surface area contributed by atoms with E-state index in [4.69, 9.17) is 4.74 Å². The first-order valence-corrected chi connectivity index (χ1v) is 8.79. The number of carbonyl (C=O) groups is 1. The second kappa shape index (κ2) is 9.84. The molecule has 0 bridgehead atoms. The molecule has 1 saturated carbocycles. The Morgan fingerprint density at radius 3 is 2.92 bits per heavy atom. The predicted octanol–water partition coefficient (Wildman–Crippen LogP) is 2.13. The van der Waals surface area contributed by atoms with Crippen molar-refractivity contribution in [2.45, 2.75) is 38.8 Å². The number of nitrogens with one attached hydrogen (secondary N) is 2. The highest BCUT2D eigenvalue weighted by Crippen LogP contribution is 2.22. The molecule has 138 valence electrons. The highest BCUT2D eigenvalue weighted by molar-refractivity contribution is 14.0. The zero-order chi connectivity index (χ0) is 16.8. The van der Waals surface area contributed by atoms with Crippen molar-refractivity contribution in [1.82, 2.24) is 15.5 Å². The topological polar surface area (TPSA) is 66.0 Å². The first kappa shape index (κ1) is 19.8. The van der Waals surface area contributed by atoms with Gasteiger partial charge in [-0.3, -0.25) is 9.79 Å². The molecule has 7 heteroatoms. The molecule has 0 spiro atoms. The van der Waals surface area contributed by atoms with E-state index in [-0.39, 0.29) is 29.9 Å². The molecule has 0 radical (unpaired) electrons. The number of para-hydroxylation sites is 1. The van der Waals surface area contributed by atoms with Crippen molar-refractivity contribution in [2.75, 3.05) is 26.2 Å². The summed E-state index contributed by atoms with van der Waals surface area (Å²) in [5, 5.41) is 6.59. The fraction of sp³-hybridized carbons (Fsp3) is 0.556. The molecule has 0 aromatic heterocycles. The van der Waals surface area contributed by atoms with Gasteiger partial charge in [0.15, 0.2) is 5.96 Å². The molecular formula is C18H27IN4O2. The molecule has 0 unspecified atom stereocenters. The van der Waals surface area contributed by atoms with Gasteiger partial charge in [-0.05, 0) is 25.8 Å². The largest absolute Gasteiger partial charge is 0.491 e. The number of carbonyl (C=O) groups excluding carboxylic acids is 1. The Hall–Kier alpha value is -1.51. The summed E-state index contributed by atoms with van der Waals surface area (Å²) in [7, 11) is 0. The number of aliphatic imine (C=N–C) groups is 1.